The molecule has 0 radical (unpaired) electrons. The summed E-state index contributed by atoms with van der Waals surface area (Å²) in [5.41, 5.74) is 1.96. The second-order valence-electron chi connectivity index (χ2n) is 7.49. The highest BCUT2D eigenvalue weighted by atomic mass is 19.1. The van der Waals surface area contributed by atoms with Gasteiger partial charge in [0.05, 0.1) is 18.3 Å². The number of nitrogens with zero attached hydrogens (tertiary/aromatic N) is 5. The van der Waals surface area contributed by atoms with Crippen molar-refractivity contribution in [3.05, 3.63) is 53.9 Å². The first-order valence-corrected chi connectivity index (χ1v) is 9.59. The van der Waals surface area contributed by atoms with Crippen LogP contribution in [0.5, 0.6) is 0 Å². The quantitative estimate of drug-likeness (QED) is 0.751. The van der Waals surface area contributed by atoms with E-state index in [0.29, 0.717) is 17.8 Å². The van der Waals surface area contributed by atoms with Crippen LogP contribution in [0.1, 0.15) is 30.9 Å². The Balaban J connectivity index is 1.52. The second kappa shape index (κ2) is 6.70. The van der Waals surface area contributed by atoms with Crippen molar-refractivity contribution in [2.24, 2.45) is 0 Å². The van der Waals surface area contributed by atoms with E-state index in [1.165, 1.54) is 12.1 Å². The summed E-state index contributed by atoms with van der Waals surface area (Å²) in [4.78, 5) is 8.92. The molecule has 2 aliphatic heterocycles. The van der Waals surface area contributed by atoms with Gasteiger partial charge in [-0.05, 0) is 43.5 Å². The molecule has 28 heavy (non-hydrogen) atoms. The van der Waals surface area contributed by atoms with Gasteiger partial charge < -0.3 is 14.9 Å². The highest BCUT2D eigenvalue weighted by Gasteiger charge is 2.30. The van der Waals surface area contributed by atoms with E-state index in [1.54, 1.807) is 10.7 Å². The summed E-state index contributed by atoms with van der Waals surface area (Å²) in [6, 6.07) is 5.23. The molecule has 4 heterocycles. The number of benzene rings is 1. The van der Waals surface area contributed by atoms with Crippen LogP contribution >= 0.6 is 0 Å². The van der Waals surface area contributed by atoms with Gasteiger partial charge in [0.1, 0.15) is 23.1 Å². The molecule has 2 saturated heterocycles. The summed E-state index contributed by atoms with van der Waals surface area (Å²) in [6.07, 6.45) is 5.62. The maximum Gasteiger partial charge on any atom is 0.180 e. The van der Waals surface area contributed by atoms with E-state index in [2.05, 4.69) is 10.00 Å². The molecule has 146 valence electrons. The second-order valence-corrected chi connectivity index (χ2v) is 7.49. The van der Waals surface area contributed by atoms with E-state index < -0.39 is 11.6 Å². The zero-order valence-corrected chi connectivity index (χ0v) is 15.3. The molecule has 2 fully saturated rings. The van der Waals surface area contributed by atoms with Crippen LogP contribution in [0.25, 0.3) is 5.65 Å². The van der Waals surface area contributed by atoms with E-state index in [0.717, 1.165) is 49.9 Å². The van der Waals surface area contributed by atoms with Crippen LogP contribution in [-0.4, -0.2) is 45.4 Å². The van der Waals surface area contributed by atoms with E-state index in [9.17, 15) is 13.9 Å². The number of fused-ring (bicyclic) bond motifs is 1. The summed E-state index contributed by atoms with van der Waals surface area (Å²) >= 11 is 0. The summed E-state index contributed by atoms with van der Waals surface area (Å²) < 4.78 is 29.8. The fourth-order valence-electron chi connectivity index (χ4n) is 4.33. The van der Waals surface area contributed by atoms with Gasteiger partial charge in [-0.15, -0.1) is 0 Å². The van der Waals surface area contributed by atoms with Crippen molar-refractivity contribution in [2.75, 3.05) is 29.4 Å². The molecule has 0 bridgehead atoms. The molecular formula is C20H21F2N5O. The van der Waals surface area contributed by atoms with Gasteiger partial charge in [0.25, 0.3) is 0 Å². The van der Waals surface area contributed by atoms with Crippen molar-refractivity contribution >= 4 is 17.2 Å². The molecule has 2 aliphatic rings. The molecule has 5 rings (SSSR count). The van der Waals surface area contributed by atoms with E-state index >= 15 is 0 Å². The molecule has 0 spiro atoms. The minimum atomic E-state index is -0.433. The van der Waals surface area contributed by atoms with Gasteiger partial charge in [0.15, 0.2) is 5.65 Å². The lowest BCUT2D eigenvalue weighted by molar-refractivity contribution is 0.198. The van der Waals surface area contributed by atoms with E-state index in [-0.39, 0.29) is 12.1 Å². The fourth-order valence-corrected chi connectivity index (χ4v) is 4.33. The largest absolute Gasteiger partial charge is 0.391 e. The van der Waals surface area contributed by atoms with Crippen molar-refractivity contribution < 1.29 is 13.9 Å². The molecule has 2 aromatic heterocycles. The molecule has 6 nitrogen and oxygen atoms in total. The maximum atomic E-state index is 14.4. The zero-order chi connectivity index (χ0) is 19.3. The van der Waals surface area contributed by atoms with Gasteiger partial charge in [-0.25, -0.2) is 18.3 Å². The lowest BCUT2D eigenvalue weighted by atomic mass is 10.0. The van der Waals surface area contributed by atoms with Crippen molar-refractivity contribution in [1.29, 1.82) is 0 Å². The van der Waals surface area contributed by atoms with Crippen LogP contribution in [0, 0.1) is 11.6 Å². The van der Waals surface area contributed by atoms with Crippen LogP contribution in [0.15, 0.2) is 36.7 Å². The van der Waals surface area contributed by atoms with Gasteiger partial charge >= 0.3 is 0 Å². The molecule has 3 aromatic rings. The van der Waals surface area contributed by atoms with Crippen LogP contribution < -0.4 is 9.80 Å². The first-order valence-electron chi connectivity index (χ1n) is 9.59. The van der Waals surface area contributed by atoms with Gasteiger partial charge in [-0.3, -0.25) is 0 Å². The van der Waals surface area contributed by atoms with Crippen LogP contribution in [0.3, 0.4) is 0 Å². The number of anilines is 2. The molecular weight excluding hydrogens is 364 g/mol. The highest BCUT2D eigenvalue weighted by Crippen LogP contribution is 2.37. The van der Waals surface area contributed by atoms with Crippen molar-refractivity contribution in [3.63, 3.8) is 0 Å². The Hall–Kier alpha value is -2.74. The Morgan fingerprint density at radius 3 is 2.82 bits per heavy atom. The summed E-state index contributed by atoms with van der Waals surface area (Å²) in [5, 5.41) is 14.2. The normalized spacial score (nSPS) is 22.5. The Bertz CT molecular complexity index is 1020. The van der Waals surface area contributed by atoms with Gasteiger partial charge in [-0.2, -0.15) is 5.10 Å². The highest BCUT2D eigenvalue weighted by molar-refractivity contribution is 5.70. The Kier molecular flexibility index (Phi) is 4.16. The fraction of sp³-hybridized carbons (Fsp3) is 0.400. The number of aromatic nitrogens is 3. The molecule has 1 aromatic carbocycles. The van der Waals surface area contributed by atoms with Crippen molar-refractivity contribution in [2.45, 2.75) is 31.4 Å². The Morgan fingerprint density at radius 1 is 1.11 bits per heavy atom. The lowest BCUT2D eigenvalue weighted by Crippen LogP contribution is -2.25. The average Bonchev–Trinajstić information content (AvgIpc) is 3.42. The Labute approximate surface area is 161 Å². The topological polar surface area (TPSA) is 56.9 Å². The lowest BCUT2D eigenvalue weighted by Gasteiger charge is -2.26. The maximum absolute atomic E-state index is 14.4. The first kappa shape index (κ1) is 17.4. The van der Waals surface area contributed by atoms with Crippen LogP contribution in [-0.2, 0) is 0 Å². The van der Waals surface area contributed by atoms with Crippen molar-refractivity contribution in [1.82, 2.24) is 14.6 Å². The number of aliphatic hydroxyl groups is 1. The number of rotatable bonds is 3. The average molecular weight is 385 g/mol. The van der Waals surface area contributed by atoms with Gasteiger partial charge in [-0.1, -0.05) is 0 Å². The summed E-state index contributed by atoms with van der Waals surface area (Å²) in [7, 11) is 0. The standard InChI is InChI=1S/C20H21F2N5O/c21-13-3-4-16(22)15(10-13)17-2-1-7-26(17)19-6-9-27-20(24-19)18(11-23-27)25-8-5-14(28)12-25/h3-4,6,9-11,14,17,28H,1-2,5,7-8,12H2/t14-,17+/m0/s1. The van der Waals surface area contributed by atoms with Gasteiger partial charge in [0.2, 0.25) is 0 Å². The third-order valence-electron chi connectivity index (χ3n) is 5.70. The predicted molar refractivity (Wildman–Crippen MR) is 102 cm³/mol. The third-order valence-corrected chi connectivity index (χ3v) is 5.70. The molecule has 0 unspecified atom stereocenters. The molecule has 0 amide bonds. The summed E-state index contributed by atoms with van der Waals surface area (Å²) in [6.45, 7) is 2.05. The van der Waals surface area contributed by atoms with Crippen LogP contribution in [0.2, 0.25) is 0 Å². The third kappa shape index (κ3) is 2.88. The van der Waals surface area contributed by atoms with Crippen LogP contribution in [0.4, 0.5) is 20.3 Å². The number of halogens is 2. The van der Waals surface area contributed by atoms with E-state index in [1.807, 2.05) is 17.2 Å². The minimum absolute atomic E-state index is 0.245. The molecule has 2 atom stereocenters. The van der Waals surface area contributed by atoms with Crippen molar-refractivity contribution in [3.8, 4) is 0 Å². The number of aliphatic hydroxyl groups excluding tert-OH is 1. The monoisotopic (exact) mass is 385 g/mol. The minimum Gasteiger partial charge on any atom is -0.391 e. The smallest absolute Gasteiger partial charge is 0.180 e. The molecule has 0 saturated carbocycles. The number of hydrogen-bond acceptors (Lipinski definition) is 5. The zero-order valence-electron chi connectivity index (χ0n) is 15.3. The Morgan fingerprint density at radius 2 is 2.00 bits per heavy atom. The number of β-amino-alcohol motifs (C(OH)–C–C–N with tert-alkyl or cyclic N) is 1. The first-order chi connectivity index (χ1) is 13.6. The summed E-state index contributed by atoms with van der Waals surface area (Å²) in [5.74, 6) is -0.104. The molecule has 1 N–H and O–H groups in total. The SMILES string of the molecule is O[C@H]1CCN(c2cnn3ccc(N4CCC[C@@H]4c4cc(F)ccc4F)nc23)C1. The molecule has 0 aliphatic carbocycles. The predicted octanol–water partition coefficient (Wildman–Crippen LogP) is 2.92. The molecule has 8 heteroatoms. The number of hydrogen-bond donors (Lipinski definition) is 1. The van der Waals surface area contributed by atoms with Gasteiger partial charge in [0, 0.05) is 31.4 Å². The van der Waals surface area contributed by atoms with E-state index in [4.69, 9.17) is 4.98 Å².